The molecule has 0 aliphatic carbocycles. The van der Waals surface area contributed by atoms with E-state index in [0.717, 1.165) is 17.7 Å². The van der Waals surface area contributed by atoms with Crippen LogP contribution in [0, 0.1) is 0 Å². The summed E-state index contributed by atoms with van der Waals surface area (Å²) in [6.45, 7) is 2.84. The van der Waals surface area contributed by atoms with Crippen LogP contribution in [0.2, 0.25) is 0 Å². The molecule has 0 aromatic heterocycles. The molecule has 0 spiro atoms. The second kappa shape index (κ2) is 12.1. The maximum atomic E-state index is 12.7. The first-order valence-corrected chi connectivity index (χ1v) is 12.7. The monoisotopic (exact) mass is 472 g/mol. The number of aliphatic hydroxyl groups excluding tert-OH is 1. The molecule has 7 heteroatoms. The molecule has 3 rings (SSSR count). The largest absolute Gasteiger partial charge is 0.497 e. The minimum Gasteiger partial charge on any atom is -0.497 e. The van der Waals surface area contributed by atoms with Crippen molar-refractivity contribution in [2.75, 3.05) is 19.5 Å². The molecule has 3 atom stereocenters. The molecule has 1 N–H and O–H groups in total. The summed E-state index contributed by atoms with van der Waals surface area (Å²) in [6.07, 6.45) is 4.67. The van der Waals surface area contributed by atoms with Crippen LogP contribution in [0.3, 0.4) is 0 Å². The van der Waals surface area contributed by atoms with Crippen LogP contribution in [0.5, 0.6) is 5.75 Å². The number of benzene rings is 2. The zero-order chi connectivity index (χ0) is 23.7. The molecule has 0 fully saturated rings. The fourth-order valence-electron chi connectivity index (χ4n) is 3.55. The number of hydrogen-bond donors (Lipinski definition) is 1. The van der Waals surface area contributed by atoms with E-state index in [1.54, 1.807) is 43.5 Å². The van der Waals surface area contributed by atoms with E-state index >= 15 is 0 Å². The van der Waals surface area contributed by atoms with Crippen LogP contribution in [-0.4, -0.2) is 51.3 Å². The van der Waals surface area contributed by atoms with Gasteiger partial charge in [0.1, 0.15) is 5.75 Å². The minimum absolute atomic E-state index is 0.111. The predicted molar refractivity (Wildman–Crippen MR) is 128 cm³/mol. The van der Waals surface area contributed by atoms with Crippen molar-refractivity contribution in [3.63, 3.8) is 0 Å². The summed E-state index contributed by atoms with van der Waals surface area (Å²) in [5, 5.41) is 10.8. The fraction of sp³-hybridized carbons (Fsp3) is 0.385. The van der Waals surface area contributed by atoms with Crippen LogP contribution in [0.25, 0.3) is 0 Å². The van der Waals surface area contributed by atoms with Gasteiger partial charge in [0.2, 0.25) is 0 Å². The predicted octanol–water partition coefficient (Wildman–Crippen LogP) is 4.10. The quantitative estimate of drug-likeness (QED) is 0.496. The summed E-state index contributed by atoms with van der Waals surface area (Å²) < 4.78 is 42.4. The summed E-state index contributed by atoms with van der Waals surface area (Å²) >= 11 is 0. The van der Waals surface area contributed by atoms with Gasteiger partial charge < -0.3 is 19.3 Å². The molecule has 0 bridgehead atoms. The highest BCUT2D eigenvalue weighted by Gasteiger charge is 2.23. The SMILES string of the molecule is COc1ccc(CO[C@@H](CCS(=O)(=O)c2ccccc2)[C@@H](O)/C=C/[C@@H]2CC(C)=CCO2)cc1. The molecule has 33 heavy (non-hydrogen) atoms. The molecule has 0 saturated heterocycles. The smallest absolute Gasteiger partial charge is 0.178 e. The second-order valence-electron chi connectivity index (χ2n) is 8.12. The van der Waals surface area contributed by atoms with Gasteiger partial charge in [-0.2, -0.15) is 0 Å². The molecule has 0 unspecified atom stereocenters. The van der Waals surface area contributed by atoms with Crippen molar-refractivity contribution in [3.8, 4) is 5.75 Å². The van der Waals surface area contributed by atoms with E-state index in [1.807, 2.05) is 36.4 Å². The standard InChI is InChI=1S/C26H32O6S/c1-20-14-16-31-23(18-20)12-13-25(27)26(32-19-21-8-10-22(30-2)11-9-21)15-17-33(28,29)24-6-4-3-5-7-24/h3-14,23,25-27H,15-19H2,1-2H3/b13-12+/t23-,25+,26+/m1/s1. The van der Waals surface area contributed by atoms with Gasteiger partial charge in [0, 0.05) is 0 Å². The first kappa shape index (κ1) is 25.2. The normalized spacial score (nSPS) is 18.6. The van der Waals surface area contributed by atoms with E-state index in [4.69, 9.17) is 14.2 Å². The summed E-state index contributed by atoms with van der Waals surface area (Å²) in [7, 11) is -1.89. The molecular weight excluding hydrogens is 440 g/mol. The number of aliphatic hydroxyl groups is 1. The average Bonchev–Trinajstić information content (AvgIpc) is 2.83. The highest BCUT2D eigenvalue weighted by Crippen LogP contribution is 2.19. The fourth-order valence-corrected chi connectivity index (χ4v) is 4.90. The van der Waals surface area contributed by atoms with Crippen molar-refractivity contribution in [2.24, 2.45) is 0 Å². The average molecular weight is 473 g/mol. The second-order valence-corrected chi connectivity index (χ2v) is 10.2. The molecule has 1 aliphatic heterocycles. The Morgan fingerprint density at radius 3 is 2.55 bits per heavy atom. The lowest BCUT2D eigenvalue weighted by Gasteiger charge is -2.23. The van der Waals surface area contributed by atoms with E-state index in [2.05, 4.69) is 6.92 Å². The summed E-state index contributed by atoms with van der Waals surface area (Å²) in [4.78, 5) is 0.266. The lowest BCUT2D eigenvalue weighted by Crippen LogP contribution is -2.30. The van der Waals surface area contributed by atoms with Crippen molar-refractivity contribution >= 4 is 9.84 Å². The van der Waals surface area contributed by atoms with Crippen molar-refractivity contribution in [2.45, 2.75) is 49.6 Å². The topological polar surface area (TPSA) is 82.1 Å². The molecule has 0 saturated carbocycles. The number of rotatable bonds is 11. The number of ether oxygens (including phenoxy) is 3. The maximum Gasteiger partial charge on any atom is 0.178 e. The van der Waals surface area contributed by atoms with Crippen LogP contribution in [0.4, 0.5) is 0 Å². The Kier molecular flexibility index (Phi) is 9.26. The van der Waals surface area contributed by atoms with Gasteiger partial charge >= 0.3 is 0 Å². The third-order valence-corrected chi connectivity index (χ3v) is 7.33. The zero-order valence-corrected chi connectivity index (χ0v) is 19.9. The Bertz CT molecular complexity index is 1030. The summed E-state index contributed by atoms with van der Waals surface area (Å²) in [6, 6.07) is 15.8. The minimum atomic E-state index is -3.49. The molecule has 1 aliphatic rings. The van der Waals surface area contributed by atoms with Gasteiger partial charge in [-0.3, -0.25) is 0 Å². The Labute approximate surface area is 196 Å². The number of methoxy groups -OCH3 is 1. The highest BCUT2D eigenvalue weighted by atomic mass is 32.2. The molecule has 178 valence electrons. The molecule has 2 aromatic carbocycles. The third-order valence-electron chi connectivity index (χ3n) is 5.57. The van der Waals surface area contributed by atoms with Crippen molar-refractivity contribution in [3.05, 3.63) is 84.0 Å². The van der Waals surface area contributed by atoms with E-state index < -0.39 is 22.0 Å². The van der Waals surface area contributed by atoms with Gasteiger partial charge in [0.05, 0.1) is 49.3 Å². The van der Waals surface area contributed by atoms with Crippen LogP contribution >= 0.6 is 0 Å². The van der Waals surface area contributed by atoms with E-state index in [9.17, 15) is 13.5 Å². The zero-order valence-electron chi connectivity index (χ0n) is 19.1. The van der Waals surface area contributed by atoms with Crippen LogP contribution in [0.15, 0.2) is 83.3 Å². The van der Waals surface area contributed by atoms with Crippen molar-refractivity contribution in [1.29, 1.82) is 0 Å². The lowest BCUT2D eigenvalue weighted by molar-refractivity contribution is -0.0283. The van der Waals surface area contributed by atoms with Gasteiger partial charge in [-0.1, -0.05) is 54.1 Å². The van der Waals surface area contributed by atoms with Crippen LogP contribution < -0.4 is 4.74 Å². The van der Waals surface area contributed by atoms with Crippen molar-refractivity contribution < 1.29 is 27.7 Å². The van der Waals surface area contributed by atoms with Crippen LogP contribution in [0.1, 0.15) is 25.3 Å². The van der Waals surface area contributed by atoms with E-state index in [0.29, 0.717) is 6.61 Å². The van der Waals surface area contributed by atoms with Gasteiger partial charge in [-0.25, -0.2) is 8.42 Å². The highest BCUT2D eigenvalue weighted by molar-refractivity contribution is 7.91. The molecule has 1 heterocycles. The Hall–Kier alpha value is -2.45. The van der Waals surface area contributed by atoms with Gasteiger partial charge in [-0.15, -0.1) is 0 Å². The Morgan fingerprint density at radius 1 is 1.15 bits per heavy atom. The van der Waals surface area contributed by atoms with Crippen molar-refractivity contribution in [1.82, 2.24) is 0 Å². The molecule has 0 radical (unpaired) electrons. The maximum absolute atomic E-state index is 12.7. The Balaban J connectivity index is 1.68. The lowest BCUT2D eigenvalue weighted by atomic mass is 10.0. The molecular formula is C26H32O6S. The van der Waals surface area contributed by atoms with Gasteiger partial charge in [0.25, 0.3) is 0 Å². The first-order chi connectivity index (χ1) is 15.9. The molecule has 2 aromatic rings. The summed E-state index contributed by atoms with van der Waals surface area (Å²) in [5.41, 5.74) is 2.14. The summed E-state index contributed by atoms with van der Waals surface area (Å²) in [5.74, 6) is 0.612. The van der Waals surface area contributed by atoms with Gasteiger partial charge in [-0.05, 0) is 49.6 Å². The third kappa shape index (κ3) is 7.82. The molecule has 0 amide bonds. The van der Waals surface area contributed by atoms with Crippen LogP contribution in [-0.2, 0) is 25.9 Å². The number of hydrogen-bond acceptors (Lipinski definition) is 6. The van der Waals surface area contributed by atoms with E-state index in [-0.39, 0.29) is 29.8 Å². The first-order valence-electron chi connectivity index (χ1n) is 11.0. The van der Waals surface area contributed by atoms with E-state index in [1.165, 1.54) is 5.57 Å². The van der Waals surface area contributed by atoms with Gasteiger partial charge in [0.15, 0.2) is 9.84 Å². The Morgan fingerprint density at radius 2 is 1.88 bits per heavy atom. The molecule has 6 nitrogen and oxygen atoms in total. The number of sulfone groups is 1.